The molecule has 0 unspecified atom stereocenters. The number of nitrogens with one attached hydrogen (secondary N) is 1. The van der Waals surface area contributed by atoms with Crippen molar-refractivity contribution in [3.8, 4) is 0 Å². The largest absolute Gasteiger partial charge is 0.358 e. The average Bonchev–Trinajstić information content (AvgIpc) is 2.88. The van der Waals surface area contributed by atoms with Crippen molar-refractivity contribution >= 4 is 16.8 Å². The van der Waals surface area contributed by atoms with Gasteiger partial charge < -0.3 is 9.88 Å². The Hall–Kier alpha value is -1.77. The molecule has 3 aliphatic heterocycles. The van der Waals surface area contributed by atoms with Crippen LogP contribution >= 0.6 is 0 Å². The fourth-order valence-electron chi connectivity index (χ4n) is 4.20. The average molecular weight is 282 g/mol. The molecule has 1 aromatic heterocycles. The van der Waals surface area contributed by atoms with Gasteiger partial charge in [-0.3, -0.25) is 4.79 Å². The molecule has 1 aromatic carbocycles. The third-order valence-electron chi connectivity index (χ3n) is 5.46. The summed E-state index contributed by atoms with van der Waals surface area (Å²) in [4.78, 5) is 18.3. The Bertz CT molecular complexity index is 688. The number of aromatic nitrogens is 1. The van der Waals surface area contributed by atoms with Crippen LogP contribution in [0.3, 0.4) is 0 Å². The van der Waals surface area contributed by atoms with Crippen molar-refractivity contribution in [1.82, 2.24) is 9.88 Å². The monoisotopic (exact) mass is 282 g/mol. The molecule has 1 fully saturated rings. The second-order valence-corrected chi connectivity index (χ2v) is 6.57. The number of H-pyrrole nitrogens is 1. The van der Waals surface area contributed by atoms with E-state index >= 15 is 0 Å². The Morgan fingerprint density at radius 3 is 3.05 bits per heavy atom. The Labute approximate surface area is 125 Å². The minimum absolute atomic E-state index is 0.305. The molecular formula is C18H22N2O. The summed E-state index contributed by atoms with van der Waals surface area (Å²) < 4.78 is 0. The summed E-state index contributed by atoms with van der Waals surface area (Å²) in [7, 11) is 0. The minimum atomic E-state index is 0.305. The fourth-order valence-corrected chi connectivity index (χ4v) is 4.20. The summed E-state index contributed by atoms with van der Waals surface area (Å²) in [6.07, 6.45) is 3.98. The summed E-state index contributed by atoms with van der Waals surface area (Å²) in [5.41, 5.74) is 3.72. The summed E-state index contributed by atoms with van der Waals surface area (Å²) in [5.74, 6) is 1.67. The van der Waals surface area contributed by atoms with Crippen LogP contribution in [-0.2, 0) is 17.6 Å². The second kappa shape index (κ2) is 4.90. The van der Waals surface area contributed by atoms with Crippen molar-refractivity contribution in [2.75, 3.05) is 13.1 Å². The Kier molecular flexibility index (Phi) is 3.02. The van der Waals surface area contributed by atoms with Gasteiger partial charge in [-0.05, 0) is 36.3 Å². The number of carbonyl (C=O) groups is 1. The van der Waals surface area contributed by atoms with Crippen LogP contribution < -0.4 is 0 Å². The molecule has 0 spiro atoms. The molecule has 1 N–H and O–H groups in total. The third kappa shape index (κ3) is 2.06. The predicted octanol–water partition coefficient (Wildman–Crippen LogP) is 3.14. The molecule has 3 aliphatic rings. The molecule has 4 heterocycles. The zero-order chi connectivity index (χ0) is 14.4. The lowest BCUT2D eigenvalue weighted by molar-refractivity contribution is -0.132. The van der Waals surface area contributed by atoms with Crippen LogP contribution in [0.5, 0.6) is 0 Å². The van der Waals surface area contributed by atoms with E-state index in [2.05, 4.69) is 41.1 Å². The predicted molar refractivity (Wildman–Crippen MR) is 84.2 cm³/mol. The number of hydrogen-bond donors (Lipinski definition) is 1. The van der Waals surface area contributed by atoms with E-state index in [4.69, 9.17) is 0 Å². The molecule has 2 aromatic rings. The van der Waals surface area contributed by atoms with Crippen LogP contribution in [0.4, 0.5) is 0 Å². The summed E-state index contributed by atoms with van der Waals surface area (Å²) in [6, 6.07) is 8.39. The quantitative estimate of drug-likeness (QED) is 0.857. The van der Waals surface area contributed by atoms with E-state index in [0.29, 0.717) is 24.2 Å². The van der Waals surface area contributed by atoms with E-state index in [1.54, 1.807) is 0 Å². The third-order valence-corrected chi connectivity index (χ3v) is 5.46. The van der Waals surface area contributed by atoms with Crippen molar-refractivity contribution in [2.24, 2.45) is 11.8 Å². The molecule has 2 atom stereocenters. The number of para-hydroxylation sites is 1. The van der Waals surface area contributed by atoms with E-state index in [-0.39, 0.29) is 0 Å². The Balaban J connectivity index is 1.84. The number of amides is 1. The smallest absolute Gasteiger partial charge is 0.227 e. The van der Waals surface area contributed by atoms with E-state index in [9.17, 15) is 4.79 Å². The zero-order valence-corrected chi connectivity index (χ0v) is 12.6. The van der Waals surface area contributed by atoms with Crippen LogP contribution in [0, 0.1) is 11.8 Å². The molecule has 21 heavy (non-hydrogen) atoms. The second-order valence-electron chi connectivity index (χ2n) is 6.57. The molecule has 0 radical (unpaired) electrons. The topological polar surface area (TPSA) is 36.1 Å². The summed E-state index contributed by atoms with van der Waals surface area (Å²) >= 11 is 0. The van der Waals surface area contributed by atoms with Gasteiger partial charge in [-0.2, -0.15) is 0 Å². The van der Waals surface area contributed by atoms with Crippen LogP contribution in [-0.4, -0.2) is 28.9 Å². The number of rotatable bonds is 1. The van der Waals surface area contributed by atoms with Crippen molar-refractivity contribution in [3.63, 3.8) is 0 Å². The molecule has 1 amide bonds. The summed E-state index contributed by atoms with van der Waals surface area (Å²) in [6.45, 7) is 4.17. The SMILES string of the molecule is CC[C@@H]1CN2CC[C@@H]1Cc1[nH]c3ccccc3c1CC2=O. The van der Waals surface area contributed by atoms with Gasteiger partial charge in [0.1, 0.15) is 0 Å². The van der Waals surface area contributed by atoms with Crippen LogP contribution in [0.15, 0.2) is 24.3 Å². The lowest BCUT2D eigenvalue weighted by Crippen LogP contribution is -2.43. The highest BCUT2D eigenvalue weighted by Gasteiger charge is 2.33. The molecule has 2 bridgehead atoms. The first-order valence-electron chi connectivity index (χ1n) is 8.12. The molecular weight excluding hydrogens is 260 g/mol. The molecule has 0 saturated carbocycles. The van der Waals surface area contributed by atoms with Crippen molar-refractivity contribution in [2.45, 2.75) is 32.6 Å². The highest BCUT2D eigenvalue weighted by atomic mass is 16.2. The minimum Gasteiger partial charge on any atom is -0.358 e. The van der Waals surface area contributed by atoms with Crippen LogP contribution in [0.1, 0.15) is 31.0 Å². The van der Waals surface area contributed by atoms with Gasteiger partial charge in [0.2, 0.25) is 5.91 Å². The Morgan fingerprint density at radius 2 is 2.19 bits per heavy atom. The number of hydrogen-bond acceptors (Lipinski definition) is 1. The lowest BCUT2D eigenvalue weighted by atomic mass is 9.81. The van der Waals surface area contributed by atoms with Gasteiger partial charge in [0.05, 0.1) is 6.42 Å². The lowest BCUT2D eigenvalue weighted by Gasteiger charge is -2.37. The molecule has 0 aliphatic carbocycles. The number of carbonyl (C=O) groups excluding carboxylic acids is 1. The Morgan fingerprint density at radius 1 is 1.33 bits per heavy atom. The van der Waals surface area contributed by atoms with Gasteiger partial charge >= 0.3 is 0 Å². The van der Waals surface area contributed by atoms with Crippen LogP contribution in [0.25, 0.3) is 10.9 Å². The first-order chi connectivity index (χ1) is 10.3. The highest BCUT2D eigenvalue weighted by Crippen LogP contribution is 2.34. The number of piperidine rings is 1. The van der Waals surface area contributed by atoms with Crippen molar-refractivity contribution in [1.29, 1.82) is 0 Å². The first kappa shape index (κ1) is 12.9. The number of fused-ring (bicyclic) bond motifs is 4. The molecule has 110 valence electrons. The van der Waals surface area contributed by atoms with Gasteiger partial charge in [-0.1, -0.05) is 31.5 Å². The number of benzene rings is 1. The van der Waals surface area contributed by atoms with E-state index in [1.807, 2.05) is 0 Å². The van der Waals surface area contributed by atoms with Gasteiger partial charge in [-0.15, -0.1) is 0 Å². The van der Waals surface area contributed by atoms with E-state index in [0.717, 1.165) is 25.9 Å². The van der Waals surface area contributed by atoms with Gasteiger partial charge in [0.15, 0.2) is 0 Å². The zero-order valence-electron chi connectivity index (χ0n) is 12.6. The molecule has 1 saturated heterocycles. The maximum Gasteiger partial charge on any atom is 0.227 e. The van der Waals surface area contributed by atoms with Crippen molar-refractivity contribution in [3.05, 3.63) is 35.5 Å². The van der Waals surface area contributed by atoms with E-state index < -0.39 is 0 Å². The summed E-state index contributed by atoms with van der Waals surface area (Å²) in [5, 5.41) is 1.23. The van der Waals surface area contributed by atoms with Crippen LogP contribution in [0.2, 0.25) is 0 Å². The molecule has 5 rings (SSSR count). The standard InChI is InChI=1S/C18H22N2O/c1-2-12-11-20-8-7-13(12)9-17-15(10-18(20)21)14-5-3-4-6-16(14)19-17/h3-6,12-13,19H,2,7-11H2,1H3/t12-,13-/m1/s1. The normalized spacial score (nSPS) is 25.6. The van der Waals surface area contributed by atoms with Crippen molar-refractivity contribution < 1.29 is 4.79 Å². The fraction of sp³-hybridized carbons (Fsp3) is 0.500. The number of nitrogens with zero attached hydrogens (tertiary/aromatic N) is 1. The van der Waals surface area contributed by atoms with E-state index in [1.165, 1.54) is 28.6 Å². The molecule has 3 heteroatoms. The highest BCUT2D eigenvalue weighted by molar-refractivity contribution is 5.90. The van der Waals surface area contributed by atoms with Gasteiger partial charge in [0, 0.05) is 29.7 Å². The maximum atomic E-state index is 12.7. The first-order valence-corrected chi connectivity index (χ1v) is 8.12. The maximum absolute atomic E-state index is 12.7. The molecule has 3 nitrogen and oxygen atoms in total. The van der Waals surface area contributed by atoms with Gasteiger partial charge in [0.25, 0.3) is 0 Å². The number of aromatic amines is 1. The van der Waals surface area contributed by atoms with Gasteiger partial charge in [-0.25, -0.2) is 0 Å².